The van der Waals surface area contributed by atoms with Gasteiger partial charge in [-0.1, -0.05) is 50.0 Å². The van der Waals surface area contributed by atoms with Gasteiger partial charge < -0.3 is 30.0 Å². The predicted molar refractivity (Wildman–Crippen MR) is 155 cm³/mol. The molecule has 222 valence electrons. The molecular formula is C28H33Cl2F2N5O4. The van der Waals surface area contributed by atoms with Gasteiger partial charge in [0.1, 0.15) is 12.4 Å². The maximum absolute atomic E-state index is 13.0. The SMILES string of the molecule is Cn1c(Nc2c(Cl)ccc(CNC(=O)C(C)(C)C)c2Cl)nc2cc(C(=O)NC[C@@H]3CCCO3)c(OCC(F)F)cc21. The van der Waals surface area contributed by atoms with Crippen LogP contribution in [0.3, 0.4) is 0 Å². The molecule has 1 aliphatic heterocycles. The molecule has 9 nitrogen and oxygen atoms in total. The molecule has 0 aliphatic carbocycles. The number of hydrogen-bond donors (Lipinski definition) is 3. The molecule has 0 spiro atoms. The summed E-state index contributed by atoms with van der Waals surface area (Å²) < 4.78 is 38.5. The number of benzene rings is 2. The summed E-state index contributed by atoms with van der Waals surface area (Å²) in [5, 5.41) is 9.42. The van der Waals surface area contributed by atoms with Gasteiger partial charge in [-0.25, -0.2) is 13.8 Å². The van der Waals surface area contributed by atoms with E-state index in [-0.39, 0.29) is 29.9 Å². The number of nitrogens with zero attached hydrogens (tertiary/aromatic N) is 2. The van der Waals surface area contributed by atoms with E-state index in [9.17, 15) is 18.4 Å². The highest BCUT2D eigenvalue weighted by Gasteiger charge is 2.24. The number of aryl methyl sites for hydroxylation is 1. The fourth-order valence-corrected chi connectivity index (χ4v) is 4.82. The lowest BCUT2D eigenvalue weighted by Gasteiger charge is -2.19. The van der Waals surface area contributed by atoms with Crippen molar-refractivity contribution in [1.29, 1.82) is 0 Å². The van der Waals surface area contributed by atoms with E-state index in [2.05, 4.69) is 20.9 Å². The number of alkyl halides is 2. The molecule has 2 aromatic carbocycles. The van der Waals surface area contributed by atoms with Gasteiger partial charge in [-0.05, 0) is 30.5 Å². The van der Waals surface area contributed by atoms with E-state index in [1.54, 1.807) is 23.7 Å². The van der Waals surface area contributed by atoms with E-state index in [1.807, 2.05) is 20.8 Å². The number of imidazole rings is 1. The number of aromatic nitrogens is 2. The highest BCUT2D eigenvalue weighted by molar-refractivity contribution is 6.39. The first-order valence-electron chi connectivity index (χ1n) is 13.2. The normalized spacial score (nSPS) is 15.4. The van der Waals surface area contributed by atoms with Crippen LogP contribution in [0.15, 0.2) is 24.3 Å². The third-order valence-electron chi connectivity index (χ3n) is 6.63. The lowest BCUT2D eigenvalue weighted by molar-refractivity contribution is -0.128. The van der Waals surface area contributed by atoms with Crippen LogP contribution in [0.1, 0.15) is 49.5 Å². The van der Waals surface area contributed by atoms with Gasteiger partial charge in [0, 0.05) is 38.2 Å². The quantitative estimate of drug-likeness (QED) is 0.266. The average Bonchev–Trinajstić information content (AvgIpc) is 3.54. The van der Waals surface area contributed by atoms with Gasteiger partial charge in [-0.15, -0.1) is 0 Å². The fourth-order valence-electron chi connectivity index (χ4n) is 4.29. The number of rotatable bonds is 10. The number of halogens is 4. The molecule has 1 aliphatic rings. The Morgan fingerprint density at radius 1 is 1.22 bits per heavy atom. The summed E-state index contributed by atoms with van der Waals surface area (Å²) in [4.78, 5) is 30.0. The van der Waals surface area contributed by atoms with Crippen LogP contribution in [0.5, 0.6) is 5.75 Å². The average molecular weight is 613 g/mol. The number of carbonyl (C=O) groups excluding carboxylic acids is 2. The lowest BCUT2D eigenvalue weighted by Crippen LogP contribution is -2.34. The van der Waals surface area contributed by atoms with Gasteiger partial charge in [0.2, 0.25) is 11.9 Å². The molecule has 0 radical (unpaired) electrons. The first kappa shape index (κ1) is 30.8. The van der Waals surface area contributed by atoms with Gasteiger partial charge >= 0.3 is 0 Å². The number of carbonyl (C=O) groups is 2. The monoisotopic (exact) mass is 611 g/mol. The molecule has 4 rings (SSSR count). The van der Waals surface area contributed by atoms with Crippen LogP contribution in [0.2, 0.25) is 10.0 Å². The molecular weight excluding hydrogens is 579 g/mol. The second kappa shape index (κ2) is 12.8. The molecule has 0 bridgehead atoms. The zero-order chi connectivity index (χ0) is 29.9. The number of hydrogen-bond acceptors (Lipinski definition) is 6. The molecule has 1 fully saturated rings. The van der Waals surface area contributed by atoms with E-state index in [0.29, 0.717) is 51.4 Å². The highest BCUT2D eigenvalue weighted by atomic mass is 35.5. The summed E-state index contributed by atoms with van der Waals surface area (Å²) >= 11 is 13.1. The molecule has 2 heterocycles. The minimum absolute atomic E-state index is 0.00448. The van der Waals surface area contributed by atoms with Crippen molar-refractivity contribution in [1.82, 2.24) is 20.2 Å². The van der Waals surface area contributed by atoms with Gasteiger partial charge in [-0.2, -0.15) is 0 Å². The Labute approximate surface area is 246 Å². The summed E-state index contributed by atoms with van der Waals surface area (Å²) in [7, 11) is 1.71. The fraction of sp³-hybridized carbons (Fsp3) is 0.464. The molecule has 2 amide bonds. The van der Waals surface area contributed by atoms with E-state index >= 15 is 0 Å². The first-order valence-corrected chi connectivity index (χ1v) is 13.9. The van der Waals surface area contributed by atoms with E-state index in [4.69, 9.17) is 32.7 Å². The van der Waals surface area contributed by atoms with Gasteiger partial charge in [0.25, 0.3) is 12.3 Å². The van der Waals surface area contributed by atoms with Crippen molar-refractivity contribution in [3.63, 3.8) is 0 Å². The molecule has 41 heavy (non-hydrogen) atoms. The molecule has 3 aromatic rings. The number of fused-ring (bicyclic) bond motifs is 1. The predicted octanol–water partition coefficient (Wildman–Crippen LogP) is 5.84. The van der Waals surface area contributed by atoms with Crippen molar-refractivity contribution in [3.8, 4) is 5.75 Å². The third kappa shape index (κ3) is 7.38. The Morgan fingerprint density at radius 3 is 2.63 bits per heavy atom. The lowest BCUT2D eigenvalue weighted by atomic mass is 9.95. The van der Waals surface area contributed by atoms with Crippen LogP contribution >= 0.6 is 23.2 Å². The third-order valence-corrected chi connectivity index (χ3v) is 7.38. The van der Waals surface area contributed by atoms with Crippen molar-refractivity contribution in [3.05, 3.63) is 45.4 Å². The van der Waals surface area contributed by atoms with Gasteiger partial charge in [0.15, 0.2) is 0 Å². The number of anilines is 2. The topological polar surface area (TPSA) is 107 Å². The standard InChI is InChI=1S/C28H33Cl2F2N5O4/c1-28(2,3)26(39)34-12-15-7-8-18(29)24(23(15)30)36-27-35-19-10-17(25(38)33-13-16-6-5-9-40-16)21(41-14-22(31)32)11-20(19)37(27)4/h7-8,10-11,16,22H,5-6,9,12-14H2,1-4H3,(H,33,38)(H,34,39)(H,35,36)/t16-/m0/s1. The Bertz CT molecular complexity index is 1440. The Kier molecular flexibility index (Phi) is 9.61. The molecule has 3 N–H and O–H groups in total. The summed E-state index contributed by atoms with van der Waals surface area (Å²) in [6.45, 7) is 5.70. The van der Waals surface area contributed by atoms with Crippen molar-refractivity contribution in [2.24, 2.45) is 12.5 Å². The summed E-state index contributed by atoms with van der Waals surface area (Å²) in [6, 6.07) is 6.37. The van der Waals surface area contributed by atoms with E-state index < -0.39 is 24.4 Å². The van der Waals surface area contributed by atoms with Gasteiger partial charge in [-0.3, -0.25) is 9.59 Å². The van der Waals surface area contributed by atoms with Crippen molar-refractivity contribution < 1.29 is 27.8 Å². The molecule has 1 aromatic heterocycles. The Morgan fingerprint density at radius 2 is 1.98 bits per heavy atom. The van der Waals surface area contributed by atoms with E-state index in [0.717, 1.165) is 12.8 Å². The molecule has 1 saturated heterocycles. The second-order valence-electron chi connectivity index (χ2n) is 10.8. The largest absolute Gasteiger partial charge is 0.487 e. The smallest absolute Gasteiger partial charge is 0.272 e. The summed E-state index contributed by atoms with van der Waals surface area (Å²) in [5.41, 5.74) is 1.47. The van der Waals surface area contributed by atoms with E-state index in [1.165, 1.54) is 12.1 Å². The minimum atomic E-state index is -2.72. The van der Waals surface area contributed by atoms with Crippen molar-refractivity contribution in [2.45, 2.75) is 52.7 Å². The number of ether oxygens (including phenoxy) is 2. The Balaban J connectivity index is 1.63. The molecule has 1 atom stereocenters. The molecule has 13 heteroatoms. The van der Waals surface area contributed by atoms with Crippen LogP contribution in [-0.2, 0) is 23.1 Å². The van der Waals surface area contributed by atoms with Crippen LogP contribution in [-0.4, -0.2) is 53.7 Å². The van der Waals surface area contributed by atoms with Crippen LogP contribution in [0, 0.1) is 5.41 Å². The summed E-state index contributed by atoms with van der Waals surface area (Å²) in [5.74, 6) is -0.280. The number of nitrogens with one attached hydrogen (secondary N) is 3. The van der Waals surface area contributed by atoms with Crippen molar-refractivity contribution in [2.75, 3.05) is 25.1 Å². The van der Waals surface area contributed by atoms with Crippen molar-refractivity contribution >= 4 is 57.7 Å². The molecule has 0 saturated carbocycles. The number of amides is 2. The molecule has 0 unspecified atom stereocenters. The van der Waals surface area contributed by atoms with Crippen LogP contribution < -0.4 is 20.7 Å². The summed E-state index contributed by atoms with van der Waals surface area (Å²) in [6.07, 6.45) is -1.06. The van der Waals surface area contributed by atoms with Gasteiger partial charge in [0.05, 0.1) is 38.4 Å². The van der Waals surface area contributed by atoms with Crippen LogP contribution in [0.25, 0.3) is 11.0 Å². The minimum Gasteiger partial charge on any atom is -0.487 e. The zero-order valence-corrected chi connectivity index (χ0v) is 24.8. The van der Waals surface area contributed by atoms with Crippen LogP contribution in [0.4, 0.5) is 20.4 Å². The Hall–Kier alpha value is -3.15. The first-order chi connectivity index (χ1) is 19.3. The maximum Gasteiger partial charge on any atom is 0.272 e. The highest BCUT2D eigenvalue weighted by Crippen LogP contribution is 2.37. The zero-order valence-electron chi connectivity index (χ0n) is 23.2. The maximum atomic E-state index is 13.0. The second-order valence-corrected chi connectivity index (χ2v) is 11.6.